The molecule has 78 valence electrons. The lowest BCUT2D eigenvalue weighted by Crippen LogP contribution is -2.34. The lowest BCUT2D eigenvalue weighted by atomic mass is 9.90. The second kappa shape index (κ2) is 4.49. The smallest absolute Gasteiger partial charge is 0.0471 e. The average molecular weight is 234 g/mol. The fourth-order valence-electron chi connectivity index (χ4n) is 1.32. The minimum Gasteiger partial charge on any atom is -0.396 e. The first-order valence-electron chi connectivity index (χ1n) is 4.32. The molecule has 1 aromatic rings. The van der Waals surface area contributed by atoms with Crippen LogP contribution in [0.5, 0.6) is 0 Å². The van der Waals surface area contributed by atoms with Crippen molar-refractivity contribution < 1.29 is 5.11 Å². The standard InChI is InChI=1S/C10H13Cl2NO/c1-10(13,4-5-14)8-3-2-7(11)6-9(8)12/h2-3,6,14H,4-5,13H2,1H3/t10-/m1/s1. The normalized spacial score (nSPS) is 15.2. The van der Waals surface area contributed by atoms with Gasteiger partial charge >= 0.3 is 0 Å². The number of hydrogen-bond acceptors (Lipinski definition) is 2. The summed E-state index contributed by atoms with van der Waals surface area (Å²) >= 11 is 11.8. The molecule has 3 N–H and O–H groups in total. The van der Waals surface area contributed by atoms with E-state index >= 15 is 0 Å². The Morgan fingerprint density at radius 1 is 1.43 bits per heavy atom. The number of nitrogens with two attached hydrogens (primary N) is 1. The molecule has 0 aromatic heterocycles. The van der Waals surface area contributed by atoms with Gasteiger partial charge in [-0.05, 0) is 31.0 Å². The zero-order valence-electron chi connectivity index (χ0n) is 7.93. The Morgan fingerprint density at radius 2 is 2.07 bits per heavy atom. The third-order valence-electron chi connectivity index (χ3n) is 2.18. The Hall–Kier alpha value is -0.280. The van der Waals surface area contributed by atoms with Crippen LogP contribution in [0.3, 0.4) is 0 Å². The van der Waals surface area contributed by atoms with Crippen LogP contribution in [0.1, 0.15) is 18.9 Å². The first kappa shape index (κ1) is 11.8. The SMILES string of the molecule is C[C@@](N)(CCO)c1ccc(Cl)cc1Cl. The summed E-state index contributed by atoms with van der Waals surface area (Å²) in [6, 6.07) is 5.19. The van der Waals surface area contributed by atoms with Gasteiger partial charge in [0.05, 0.1) is 0 Å². The maximum atomic E-state index is 8.86. The summed E-state index contributed by atoms with van der Waals surface area (Å²) in [5, 5.41) is 9.98. The molecule has 0 fully saturated rings. The van der Waals surface area contributed by atoms with E-state index in [0.717, 1.165) is 5.56 Å². The highest BCUT2D eigenvalue weighted by Crippen LogP contribution is 2.30. The summed E-state index contributed by atoms with van der Waals surface area (Å²) in [5.74, 6) is 0. The van der Waals surface area contributed by atoms with Gasteiger partial charge in [0.1, 0.15) is 0 Å². The summed E-state index contributed by atoms with van der Waals surface area (Å²) in [5.41, 5.74) is 6.20. The number of aliphatic hydroxyl groups excluding tert-OH is 1. The van der Waals surface area contributed by atoms with Gasteiger partial charge in [-0.25, -0.2) is 0 Å². The second-order valence-electron chi connectivity index (χ2n) is 3.52. The largest absolute Gasteiger partial charge is 0.396 e. The molecule has 1 aromatic carbocycles. The Bertz CT molecular complexity index is 326. The van der Waals surface area contributed by atoms with E-state index in [0.29, 0.717) is 16.5 Å². The minimum absolute atomic E-state index is 0.0337. The highest BCUT2D eigenvalue weighted by atomic mass is 35.5. The van der Waals surface area contributed by atoms with Crippen molar-refractivity contribution in [2.24, 2.45) is 5.73 Å². The van der Waals surface area contributed by atoms with Crippen LogP contribution in [0.4, 0.5) is 0 Å². The molecule has 1 atom stereocenters. The summed E-state index contributed by atoms with van der Waals surface area (Å²) < 4.78 is 0. The average Bonchev–Trinajstić information content (AvgIpc) is 2.02. The Morgan fingerprint density at radius 3 is 2.57 bits per heavy atom. The quantitative estimate of drug-likeness (QED) is 0.844. The van der Waals surface area contributed by atoms with Gasteiger partial charge in [0.25, 0.3) is 0 Å². The molecule has 0 spiro atoms. The molecule has 0 saturated carbocycles. The van der Waals surface area contributed by atoms with Gasteiger partial charge in [-0.3, -0.25) is 0 Å². The molecular formula is C10H13Cl2NO. The molecule has 0 aliphatic heterocycles. The van der Waals surface area contributed by atoms with Crippen molar-refractivity contribution >= 4 is 23.2 Å². The van der Waals surface area contributed by atoms with Gasteiger partial charge in [0, 0.05) is 22.2 Å². The summed E-state index contributed by atoms with van der Waals surface area (Å²) in [6.45, 7) is 1.87. The summed E-state index contributed by atoms with van der Waals surface area (Å²) in [7, 11) is 0. The minimum atomic E-state index is -0.615. The molecule has 1 rings (SSSR count). The molecule has 0 saturated heterocycles. The monoisotopic (exact) mass is 233 g/mol. The number of hydrogen-bond donors (Lipinski definition) is 2. The van der Waals surface area contributed by atoms with E-state index < -0.39 is 5.54 Å². The van der Waals surface area contributed by atoms with Gasteiger partial charge in [-0.15, -0.1) is 0 Å². The zero-order chi connectivity index (χ0) is 10.8. The molecule has 0 radical (unpaired) electrons. The van der Waals surface area contributed by atoms with Crippen LogP contribution in [0.15, 0.2) is 18.2 Å². The summed E-state index contributed by atoms with van der Waals surface area (Å²) in [6.07, 6.45) is 0.467. The van der Waals surface area contributed by atoms with E-state index in [2.05, 4.69) is 0 Å². The Balaban J connectivity index is 3.06. The van der Waals surface area contributed by atoms with Crippen LogP contribution < -0.4 is 5.73 Å². The molecule has 0 heterocycles. The van der Waals surface area contributed by atoms with Crippen molar-refractivity contribution in [2.75, 3.05) is 6.61 Å². The topological polar surface area (TPSA) is 46.2 Å². The van der Waals surface area contributed by atoms with Gasteiger partial charge in [0.15, 0.2) is 0 Å². The van der Waals surface area contributed by atoms with Crippen LogP contribution >= 0.6 is 23.2 Å². The summed E-state index contributed by atoms with van der Waals surface area (Å²) in [4.78, 5) is 0. The van der Waals surface area contributed by atoms with Crippen molar-refractivity contribution in [2.45, 2.75) is 18.9 Å². The molecule has 0 aliphatic rings. The Labute approximate surface area is 93.6 Å². The van der Waals surface area contributed by atoms with Crippen molar-refractivity contribution in [1.29, 1.82) is 0 Å². The van der Waals surface area contributed by atoms with Crippen molar-refractivity contribution in [3.05, 3.63) is 33.8 Å². The molecule has 0 bridgehead atoms. The van der Waals surface area contributed by atoms with Crippen molar-refractivity contribution in [1.82, 2.24) is 0 Å². The van der Waals surface area contributed by atoms with Crippen molar-refractivity contribution in [3.8, 4) is 0 Å². The van der Waals surface area contributed by atoms with E-state index in [1.165, 1.54) is 0 Å². The molecular weight excluding hydrogens is 221 g/mol. The van der Waals surface area contributed by atoms with Crippen LogP contribution in [0.25, 0.3) is 0 Å². The highest BCUT2D eigenvalue weighted by molar-refractivity contribution is 6.35. The van der Waals surface area contributed by atoms with E-state index in [4.69, 9.17) is 34.0 Å². The third-order valence-corrected chi connectivity index (χ3v) is 2.73. The Kier molecular flexibility index (Phi) is 3.78. The maximum Gasteiger partial charge on any atom is 0.0471 e. The lowest BCUT2D eigenvalue weighted by molar-refractivity contribution is 0.247. The van der Waals surface area contributed by atoms with E-state index in [9.17, 15) is 0 Å². The van der Waals surface area contributed by atoms with Crippen LogP contribution in [0, 0.1) is 0 Å². The number of halogens is 2. The highest BCUT2D eigenvalue weighted by Gasteiger charge is 2.23. The van der Waals surface area contributed by atoms with E-state index in [1.54, 1.807) is 18.2 Å². The molecule has 0 unspecified atom stereocenters. The molecule has 4 heteroatoms. The second-order valence-corrected chi connectivity index (χ2v) is 4.36. The first-order valence-corrected chi connectivity index (χ1v) is 5.08. The van der Waals surface area contributed by atoms with E-state index in [1.807, 2.05) is 6.92 Å². The van der Waals surface area contributed by atoms with Gasteiger partial charge in [-0.2, -0.15) is 0 Å². The lowest BCUT2D eigenvalue weighted by Gasteiger charge is -2.25. The van der Waals surface area contributed by atoms with Crippen LogP contribution in [-0.4, -0.2) is 11.7 Å². The van der Waals surface area contributed by atoms with Crippen LogP contribution in [0.2, 0.25) is 10.0 Å². The maximum absolute atomic E-state index is 8.86. The fraction of sp³-hybridized carbons (Fsp3) is 0.400. The number of benzene rings is 1. The fourth-order valence-corrected chi connectivity index (χ4v) is 1.94. The van der Waals surface area contributed by atoms with Gasteiger partial charge < -0.3 is 10.8 Å². The van der Waals surface area contributed by atoms with E-state index in [-0.39, 0.29) is 6.61 Å². The van der Waals surface area contributed by atoms with Gasteiger partial charge in [0.2, 0.25) is 0 Å². The zero-order valence-corrected chi connectivity index (χ0v) is 9.44. The third kappa shape index (κ3) is 2.61. The molecule has 0 aliphatic carbocycles. The predicted molar refractivity (Wildman–Crippen MR) is 59.7 cm³/mol. The molecule has 14 heavy (non-hydrogen) atoms. The van der Waals surface area contributed by atoms with Crippen molar-refractivity contribution in [3.63, 3.8) is 0 Å². The molecule has 2 nitrogen and oxygen atoms in total. The van der Waals surface area contributed by atoms with Gasteiger partial charge in [-0.1, -0.05) is 29.3 Å². The van der Waals surface area contributed by atoms with Crippen LogP contribution in [-0.2, 0) is 5.54 Å². The first-order chi connectivity index (χ1) is 6.47. The number of rotatable bonds is 3. The predicted octanol–water partition coefficient (Wildman–Crippen LogP) is 2.55. The number of aliphatic hydroxyl groups is 1. The molecule has 0 amide bonds.